The van der Waals surface area contributed by atoms with Crippen LogP contribution >= 0.6 is 0 Å². The summed E-state index contributed by atoms with van der Waals surface area (Å²) in [5.74, 6) is 0.532. The van der Waals surface area contributed by atoms with Crippen molar-refractivity contribution in [1.29, 1.82) is 0 Å². The van der Waals surface area contributed by atoms with E-state index < -0.39 is 0 Å². The number of hydrogen-bond acceptors (Lipinski definition) is 4. The first kappa shape index (κ1) is 10.6. The summed E-state index contributed by atoms with van der Waals surface area (Å²) in [6.07, 6.45) is 2.37. The third-order valence-corrected chi connectivity index (χ3v) is 2.64. The average molecular weight is 219 g/mol. The van der Waals surface area contributed by atoms with Crippen molar-refractivity contribution in [2.75, 3.05) is 18.8 Å². The zero-order chi connectivity index (χ0) is 11.5. The van der Waals surface area contributed by atoms with E-state index in [-0.39, 0.29) is 11.7 Å². The van der Waals surface area contributed by atoms with Crippen LogP contribution in [0.3, 0.4) is 0 Å². The Morgan fingerprint density at radius 3 is 2.56 bits per heavy atom. The van der Waals surface area contributed by atoms with Gasteiger partial charge >= 0.3 is 0 Å². The standard InChI is InChI=1S/C11H13N3O2/c12-10-2-1-8(7-13-10)11(16)14-5-3-9(15)4-6-14/h1-2,7H,3-6H2,(H2,12,13). The number of nitrogens with zero attached hydrogens (tertiary/aromatic N) is 2. The van der Waals surface area contributed by atoms with Gasteiger partial charge in [0.1, 0.15) is 11.6 Å². The molecular weight excluding hydrogens is 206 g/mol. The molecule has 2 N–H and O–H groups in total. The molecule has 0 saturated carbocycles. The van der Waals surface area contributed by atoms with Crippen LogP contribution in [0.4, 0.5) is 5.82 Å². The molecule has 0 bridgehead atoms. The second-order valence-corrected chi connectivity index (χ2v) is 3.80. The highest BCUT2D eigenvalue weighted by molar-refractivity contribution is 5.95. The van der Waals surface area contributed by atoms with E-state index in [1.54, 1.807) is 17.0 Å². The van der Waals surface area contributed by atoms with E-state index in [1.807, 2.05) is 0 Å². The molecule has 2 rings (SSSR count). The first-order valence-corrected chi connectivity index (χ1v) is 5.19. The molecular formula is C11H13N3O2. The van der Waals surface area contributed by atoms with Crippen LogP contribution in [0.25, 0.3) is 0 Å². The van der Waals surface area contributed by atoms with Crippen LogP contribution in [-0.2, 0) is 4.79 Å². The fraction of sp³-hybridized carbons (Fsp3) is 0.364. The molecule has 1 amide bonds. The Morgan fingerprint density at radius 2 is 2.00 bits per heavy atom. The van der Waals surface area contributed by atoms with Gasteiger partial charge in [0, 0.05) is 32.1 Å². The van der Waals surface area contributed by atoms with Crippen molar-refractivity contribution in [3.8, 4) is 0 Å². The van der Waals surface area contributed by atoms with Crippen LogP contribution in [-0.4, -0.2) is 34.7 Å². The minimum atomic E-state index is -0.0833. The average Bonchev–Trinajstić information content (AvgIpc) is 2.30. The van der Waals surface area contributed by atoms with Gasteiger partial charge < -0.3 is 10.6 Å². The number of carbonyl (C=O) groups is 2. The smallest absolute Gasteiger partial charge is 0.255 e. The van der Waals surface area contributed by atoms with Gasteiger partial charge in [-0.15, -0.1) is 0 Å². The number of pyridine rings is 1. The summed E-state index contributed by atoms with van der Waals surface area (Å²) in [4.78, 5) is 28.5. The number of piperidine rings is 1. The van der Waals surface area contributed by atoms with Gasteiger partial charge in [0.05, 0.1) is 5.56 Å². The van der Waals surface area contributed by atoms with Gasteiger partial charge in [0.2, 0.25) is 0 Å². The number of likely N-dealkylation sites (tertiary alicyclic amines) is 1. The summed E-state index contributed by atoms with van der Waals surface area (Å²) < 4.78 is 0. The van der Waals surface area contributed by atoms with E-state index in [2.05, 4.69) is 4.98 Å². The largest absolute Gasteiger partial charge is 0.384 e. The second kappa shape index (κ2) is 4.30. The summed E-state index contributed by atoms with van der Waals surface area (Å²) in [5, 5.41) is 0. The minimum Gasteiger partial charge on any atom is -0.384 e. The number of rotatable bonds is 1. The fourth-order valence-corrected chi connectivity index (χ4v) is 1.67. The fourth-order valence-electron chi connectivity index (χ4n) is 1.67. The lowest BCUT2D eigenvalue weighted by Crippen LogP contribution is -2.38. The number of nitrogen functional groups attached to an aromatic ring is 1. The molecule has 2 heterocycles. The van der Waals surface area contributed by atoms with E-state index in [9.17, 15) is 9.59 Å². The monoisotopic (exact) mass is 219 g/mol. The van der Waals surface area contributed by atoms with E-state index in [0.29, 0.717) is 37.3 Å². The zero-order valence-corrected chi connectivity index (χ0v) is 8.85. The number of anilines is 1. The predicted octanol–water partition coefficient (Wildman–Crippen LogP) is 0.469. The lowest BCUT2D eigenvalue weighted by Gasteiger charge is -2.25. The molecule has 1 saturated heterocycles. The Kier molecular flexibility index (Phi) is 2.85. The summed E-state index contributed by atoms with van der Waals surface area (Å²) in [7, 11) is 0. The van der Waals surface area contributed by atoms with E-state index in [4.69, 9.17) is 5.73 Å². The molecule has 5 heteroatoms. The summed E-state index contributed by atoms with van der Waals surface area (Å²) in [5.41, 5.74) is 5.96. The predicted molar refractivity (Wildman–Crippen MR) is 58.8 cm³/mol. The number of nitrogens with two attached hydrogens (primary N) is 1. The highest BCUT2D eigenvalue weighted by atomic mass is 16.2. The van der Waals surface area contributed by atoms with Crippen molar-refractivity contribution in [3.63, 3.8) is 0 Å². The van der Waals surface area contributed by atoms with Crippen LogP contribution in [0, 0.1) is 0 Å². The topological polar surface area (TPSA) is 76.3 Å². The Labute approximate surface area is 93.3 Å². The molecule has 1 aliphatic rings. The van der Waals surface area contributed by atoms with E-state index in [1.165, 1.54) is 6.20 Å². The first-order chi connectivity index (χ1) is 7.66. The lowest BCUT2D eigenvalue weighted by molar-refractivity contribution is -0.120. The summed E-state index contributed by atoms with van der Waals surface area (Å²) in [6.45, 7) is 1.00. The number of amides is 1. The molecule has 1 aliphatic heterocycles. The van der Waals surface area contributed by atoms with Crippen LogP contribution in [0.2, 0.25) is 0 Å². The number of ketones is 1. The molecule has 0 aromatic carbocycles. The summed E-state index contributed by atoms with van der Waals surface area (Å²) in [6, 6.07) is 3.25. The number of aromatic nitrogens is 1. The minimum absolute atomic E-state index is 0.0833. The molecule has 0 radical (unpaired) electrons. The Hall–Kier alpha value is -1.91. The zero-order valence-electron chi connectivity index (χ0n) is 8.85. The van der Waals surface area contributed by atoms with Crippen LogP contribution in [0.15, 0.2) is 18.3 Å². The van der Waals surface area contributed by atoms with Gasteiger partial charge in [-0.05, 0) is 12.1 Å². The van der Waals surface area contributed by atoms with E-state index in [0.717, 1.165) is 0 Å². The molecule has 16 heavy (non-hydrogen) atoms. The third kappa shape index (κ3) is 2.18. The molecule has 1 aromatic heterocycles. The maximum absolute atomic E-state index is 12.0. The van der Waals surface area contributed by atoms with Crippen molar-refractivity contribution >= 4 is 17.5 Å². The maximum atomic E-state index is 12.0. The second-order valence-electron chi connectivity index (χ2n) is 3.80. The molecule has 0 unspecified atom stereocenters. The van der Waals surface area contributed by atoms with E-state index >= 15 is 0 Å². The van der Waals surface area contributed by atoms with Crippen molar-refractivity contribution in [3.05, 3.63) is 23.9 Å². The molecule has 0 atom stereocenters. The van der Waals surface area contributed by atoms with Crippen molar-refractivity contribution < 1.29 is 9.59 Å². The van der Waals surface area contributed by atoms with Gasteiger partial charge in [-0.25, -0.2) is 4.98 Å². The van der Waals surface area contributed by atoms with Gasteiger partial charge in [0.15, 0.2) is 0 Å². The number of carbonyl (C=O) groups excluding carboxylic acids is 2. The normalized spacial score (nSPS) is 16.2. The third-order valence-electron chi connectivity index (χ3n) is 2.64. The van der Waals surface area contributed by atoms with Crippen LogP contribution in [0.1, 0.15) is 23.2 Å². The molecule has 84 valence electrons. The SMILES string of the molecule is Nc1ccc(C(=O)N2CCC(=O)CC2)cn1. The van der Waals surface area contributed by atoms with Gasteiger partial charge in [-0.2, -0.15) is 0 Å². The number of hydrogen-bond donors (Lipinski definition) is 1. The van der Waals surface area contributed by atoms with Gasteiger partial charge in [-0.3, -0.25) is 9.59 Å². The van der Waals surface area contributed by atoms with Gasteiger partial charge in [-0.1, -0.05) is 0 Å². The Balaban J connectivity index is 2.07. The van der Waals surface area contributed by atoms with Crippen molar-refractivity contribution in [2.24, 2.45) is 0 Å². The molecule has 0 spiro atoms. The molecule has 0 aliphatic carbocycles. The number of Topliss-reactive ketones (excluding diaryl/α,β-unsaturated/α-hetero) is 1. The first-order valence-electron chi connectivity index (χ1n) is 5.19. The maximum Gasteiger partial charge on any atom is 0.255 e. The summed E-state index contributed by atoms with van der Waals surface area (Å²) >= 11 is 0. The highest BCUT2D eigenvalue weighted by Crippen LogP contribution is 2.11. The lowest BCUT2D eigenvalue weighted by atomic mass is 10.1. The highest BCUT2D eigenvalue weighted by Gasteiger charge is 2.21. The molecule has 1 aromatic rings. The van der Waals surface area contributed by atoms with Crippen molar-refractivity contribution in [2.45, 2.75) is 12.8 Å². The van der Waals surface area contributed by atoms with Crippen molar-refractivity contribution in [1.82, 2.24) is 9.88 Å². The Bertz CT molecular complexity index is 404. The van der Waals surface area contributed by atoms with Crippen LogP contribution < -0.4 is 5.73 Å². The molecule has 1 fully saturated rings. The molecule has 5 nitrogen and oxygen atoms in total. The van der Waals surface area contributed by atoms with Gasteiger partial charge in [0.25, 0.3) is 5.91 Å². The van der Waals surface area contributed by atoms with Crippen LogP contribution in [0.5, 0.6) is 0 Å². The Morgan fingerprint density at radius 1 is 1.31 bits per heavy atom. The quantitative estimate of drug-likeness (QED) is 0.744.